The molecule has 0 atom stereocenters. The van der Waals surface area contributed by atoms with E-state index in [2.05, 4.69) is 5.32 Å². The van der Waals surface area contributed by atoms with Crippen LogP contribution in [0.1, 0.15) is 6.92 Å². The highest BCUT2D eigenvalue weighted by atomic mass is 32.2. The molecule has 2 aromatic carbocycles. The average molecular weight is 408 g/mol. The largest absolute Gasteiger partial charge is 0.497 e. The van der Waals surface area contributed by atoms with Crippen molar-refractivity contribution < 1.29 is 27.4 Å². The van der Waals surface area contributed by atoms with E-state index in [1.54, 1.807) is 31.2 Å². The van der Waals surface area contributed by atoms with Gasteiger partial charge in [-0.15, -0.1) is 0 Å². The van der Waals surface area contributed by atoms with Crippen LogP contribution in [-0.2, 0) is 14.8 Å². The number of sulfonamides is 1. The maximum absolute atomic E-state index is 12.9. The Kier molecular flexibility index (Phi) is 7.24. The van der Waals surface area contributed by atoms with E-state index in [0.717, 1.165) is 4.31 Å². The van der Waals surface area contributed by atoms with Crippen LogP contribution in [0.3, 0.4) is 0 Å². The number of hydrogen-bond donors (Lipinski definition) is 1. The number of carbonyl (C=O) groups excluding carboxylic acids is 1. The lowest BCUT2D eigenvalue weighted by atomic mass is 10.3. The van der Waals surface area contributed by atoms with Crippen LogP contribution in [-0.4, -0.2) is 53.0 Å². The number of rotatable bonds is 9. The Morgan fingerprint density at radius 1 is 1.00 bits per heavy atom. The number of likely N-dealkylation sites (N-methyl/N-ethyl adjacent to an activating group) is 1. The number of anilines is 1. The number of amides is 1. The Balaban J connectivity index is 2.19. The molecule has 0 spiro atoms. The molecule has 0 saturated heterocycles. The number of hydrogen-bond acceptors (Lipinski definition) is 6. The fourth-order valence-corrected chi connectivity index (χ4v) is 3.98. The van der Waals surface area contributed by atoms with Gasteiger partial charge >= 0.3 is 0 Å². The van der Waals surface area contributed by atoms with E-state index in [4.69, 9.17) is 14.2 Å². The maximum atomic E-state index is 12.9. The van der Waals surface area contributed by atoms with Crippen LogP contribution in [0.25, 0.3) is 0 Å². The van der Waals surface area contributed by atoms with Gasteiger partial charge in [-0.1, -0.05) is 13.0 Å². The first-order chi connectivity index (χ1) is 13.3. The standard InChI is InChI=1S/C19H24N2O6S/c1-5-21(13-19(22)20-14-7-6-8-15(11-14)25-2)28(23,24)16-9-10-17(26-3)18(12-16)27-4/h6-12H,5,13H2,1-4H3,(H,20,22). The van der Waals surface area contributed by atoms with Crippen molar-refractivity contribution in [2.75, 3.05) is 39.7 Å². The molecule has 1 N–H and O–H groups in total. The summed E-state index contributed by atoms with van der Waals surface area (Å²) < 4.78 is 42.4. The number of nitrogens with one attached hydrogen (secondary N) is 1. The second kappa shape index (κ2) is 9.43. The predicted molar refractivity (Wildman–Crippen MR) is 106 cm³/mol. The molecular formula is C19H24N2O6S. The molecule has 28 heavy (non-hydrogen) atoms. The summed E-state index contributed by atoms with van der Waals surface area (Å²) in [5, 5.41) is 2.68. The van der Waals surface area contributed by atoms with Crippen LogP contribution in [0.4, 0.5) is 5.69 Å². The van der Waals surface area contributed by atoms with Crippen LogP contribution < -0.4 is 19.5 Å². The number of benzene rings is 2. The van der Waals surface area contributed by atoms with Gasteiger partial charge < -0.3 is 19.5 Å². The zero-order valence-electron chi connectivity index (χ0n) is 16.3. The van der Waals surface area contributed by atoms with E-state index >= 15 is 0 Å². The van der Waals surface area contributed by atoms with E-state index < -0.39 is 15.9 Å². The van der Waals surface area contributed by atoms with Gasteiger partial charge in [0.25, 0.3) is 0 Å². The van der Waals surface area contributed by atoms with Crippen LogP contribution in [0.5, 0.6) is 17.2 Å². The van der Waals surface area contributed by atoms with Crippen molar-refractivity contribution in [1.82, 2.24) is 4.31 Å². The zero-order valence-corrected chi connectivity index (χ0v) is 17.1. The molecule has 0 saturated carbocycles. The first-order valence-electron chi connectivity index (χ1n) is 8.51. The summed E-state index contributed by atoms with van der Waals surface area (Å²) in [7, 11) is 0.516. The van der Waals surface area contributed by atoms with Gasteiger partial charge in [0.1, 0.15) is 5.75 Å². The molecule has 0 aliphatic heterocycles. The molecule has 0 aromatic heterocycles. The fourth-order valence-electron chi connectivity index (χ4n) is 2.55. The molecule has 0 aliphatic rings. The minimum absolute atomic E-state index is 0.0150. The molecule has 8 nitrogen and oxygen atoms in total. The Bertz CT molecular complexity index is 930. The maximum Gasteiger partial charge on any atom is 0.243 e. The smallest absolute Gasteiger partial charge is 0.243 e. The van der Waals surface area contributed by atoms with Crippen molar-refractivity contribution in [1.29, 1.82) is 0 Å². The van der Waals surface area contributed by atoms with Crippen molar-refractivity contribution in [3.05, 3.63) is 42.5 Å². The average Bonchev–Trinajstić information content (AvgIpc) is 2.71. The first-order valence-corrected chi connectivity index (χ1v) is 9.95. The third-order valence-electron chi connectivity index (χ3n) is 4.02. The second-order valence-corrected chi connectivity index (χ2v) is 7.67. The van der Waals surface area contributed by atoms with Crippen molar-refractivity contribution in [2.24, 2.45) is 0 Å². The summed E-state index contributed by atoms with van der Waals surface area (Å²) in [6, 6.07) is 11.1. The van der Waals surface area contributed by atoms with Gasteiger partial charge in [0.15, 0.2) is 11.5 Å². The third-order valence-corrected chi connectivity index (χ3v) is 5.94. The van der Waals surface area contributed by atoms with Gasteiger partial charge in [0.2, 0.25) is 15.9 Å². The Hall–Kier alpha value is -2.78. The van der Waals surface area contributed by atoms with Crippen molar-refractivity contribution >= 4 is 21.6 Å². The van der Waals surface area contributed by atoms with Gasteiger partial charge in [-0.2, -0.15) is 4.31 Å². The van der Waals surface area contributed by atoms with Crippen LogP contribution >= 0.6 is 0 Å². The van der Waals surface area contributed by atoms with Gasteiger partial charge in [-0.25, -0.2) is 8.42 Å². The quantitative estimate of drug-likeness (QED) is 0.685. The van der Waals surface area contributed by atoms with E-state index in [1.165, 1.54) is 39.5 Å². The monoisotopic (exact) mass is 408 g/mol. The van der Waals surface area contributed by atoms with Crippen LogP contribution in [0, 0.1) is 0 Å². The molecule has 0 bridgehead atoms. The molecule has 2 rings (SSSR count). The van der Waals surface area contributed by atoms with E-state index in [-0.39, 0.29) is 18.0 Å². The Labute approximate surface area is 165 Å². The molecule has 9 heteroatoms. The van der Waals surface area contributed by atoms with Gasteiger partial charge in [-0.05, 0) is 24.3 Å². The fraction of sp³-hybridized carbons (Fsp3) is 0.316. The molecule has 0 aliphatic carbocycles. The number of ether oxygens (including phenoxy) is 3. The van der Waals surface area contributed by atoms with Crippen molar-refractivity contribution in [2.45, 2.75) is 11.8 Å². The number of carbonyl (C=O) groups is 1. The predicted octanol–water partition coefficient (Wildman–Crippen LogP) is 2.36. The van der Waals surface area contributed by atoms with Crippen molar-refractivity contribution in [3.8, 4) is 17.2 Å². The minimum Gasteiger partial charge on any atom is -0.497 e. The molecule has 0 unspecified atom stereocenters. The summed E-state index contributed by atoms with van der Waals surface area (Å²) in [4.78, 5) is 12.4. The van der Waals surface area contributed by atoms with Crippen molar-refractivity contribution in [3.63, 3.8) is 0 Å². The first kappa shape index (κ1) is 21.5. The van der Waals surface area contributed by atoms with Crippen LogP contribution in [0.2, 0.25) is 0 Å². The molecular weight excluding hydrogens is 384 g/mol. The number of nitrogens with zero attached hydrogens (tertiary/aromatic N) is 1. The molecule has 152 valence electrons. The Morgan fingerprint density at radius 2 is 1.71 bits per heavy atom. The summed E-state index contributed by atoms with van der Waals surface area (Å²) in [6.45, 7) is 1.46. The van der Waals surface area contributed by atoms with E-state index in [9.17, 15) is 13.2 Å². The molecule has 0 radical (unpaired) electrons. The molecule has 0 fully saturated rings. The minimum atomic E-state index is -3.90. The zero-order chi connectivity index (χ0) is 20.7. The lowest BCUT2D eigenvalue weighted by molar-refractivity contribution is -0.116. The number of methoxy groups -OCH3 is 3. The van der Waals surface area contributed by atoms with Gasteiger partial charge in [-0.3, -0.25) is 4.79 Å². The van der Waals surface area contributed by atoms with E-state index in [0.29, 0.717) is 22.9 Å². The van der Waals surface area contributed by atoms with Gasteiger partial charge in [0.05, 0.1) is 32.8 Å². The molecule has 2 aromatic rings. The summed E-state index contributed by atoms with van der Waals surface area (Å²) in [5.41, 5.74) is 0.518. The highest BCUT2D eigenvalue weighted by Crippen LogP contribution is 2.30. The third kappa shape index (κ3) is 4.93. The summed E-state index contributed by atoms with van der Waals surface area (Å²) in [5.74, 6) is 0.836. The highest BCUT2D eigenvalue weighted by Gasteiger charge is 2.26. The summed E-state index contributed by atoms with van der Waals surface area (Å²) in [6.07, 6.45) is 0. The summed E-state index contributed by atoms with van der Waals surface area (Å²) >= 11 is 0. The lowest BCUT2D eigenvalue weighted by Crippen LogP contribution is -2.37. The van der Waals surface area contributed by atoms with Gasteiger partial charge in [0, 0.05) is 24.4 Å². The SMILES string of the molecule is CCN(CC(=O)Nc1cccc(OC)c1)S(=O)(=O)c1ccc(OC)c(OC)c1. The van der Waals surface area contributed by atoms with Crippen LogP contribution in [0.15, 0.2) is 47.4 Å². The topological polar surface area (TPSA) is 94.2 Å². The highest BCUT2D eigenvalue weighted by molar-refractivity contribution is 7.89. The molecule has 1 amide bonds. The normalized spacial score (nSPS) is 11.2. The molecule has 0 heterocycles. The lowest BCUT2D eigenvalue weighted by Gasteiger charge is -2.21. The van der Waals surface area contributed by atoms with E-state index in [1.807, 2.05) is 0 Å². The second-order valence-electron chi connectivity index (χ2n) is 5.73. The Morgan fingerprint density at radius 3 is 2.32 bits per heavy atom.